The average Bonchev–Trinajstić information content (AvgIpc) is 1.60. The van der Waals surface area contributed by atoms with Gasteiger partial charge in [0.15, 0.2) is 22.7 Å². The Bertz CT molecular complexity index is 5070. The average molecular weight is 1440 g/mol. The number of fused-ring (bicyclic) bond motifs is 6. The van der Waals surface area contributed by atoms with Crippen molar-refractivity contribution >= 4 is 85.2 Å². The third-order valence-electron chi connectivity index (χ3n) is 18.1. The number of anilines is 3. The zero-order chi connectivity index (χ0) is 69.2. The monoisotopic (exact) mass is 1440 g/mol. The van der Waals surface area contributed by atoms with Crippen molar-refractivity contribution in [2.45, 2.75) is 111 Å². The number of halogens is 1. The van der Waals surface area contributed by atoms with Gasteiger partial charge in [-0.15, -0.1) is 0 Å². The normalized spacial score (nSPS) is 15.9. The van der Waals surface area contributed by atoms with Crippen molar-refractivity contribution in [3.8, 4) is 33.8 Å². The molecule has 12 heterocycles. The first kappa shape index (κ1) is 67.7. The second kappa shape index (κ2) is 28.8. The maximum absolute atomic E-state index is 13.0. The number of aromatic carboxylic acids is 2. The van der Waals surface area contributed by atoms with E-state index in [-0.39, 0.29) is 74.6 Å². The number of nitrogens with two attached hydrogens (primary N) is 1. The summed E-state index contributed by atoms with van der Waals surface area (Å²) >= 11 is -0.0752. The molecule has 98 heavy (non-hydrogen) atoms. The van der Waals surface area contributed by atoms with Crippen LogP contribution in [0.25, 0.3) is 83.8 Å². The van der Waals surface area contributed by atoms with Crippen LogP contribution in [0.5, 0.6) is 0 Å². The summed E-state index contributed by atoms with van der Waals surface area (Å²) in [5, 5.41) is 60.1. The molecule has 508 valence electrons. The van der Waals surface area contributed by atoms with E-state index in [1.54, 1.807) is 40.9 Å². The Morgan fingerprint density at radius 1 is 0.551 bits per heavy atom. The van der Waals surface area contributed by atoms with Gasteiger partial charge >= 0.3 is 71.8 Å². The van der Waals surface area contributed by atoms with Crippen molar-refractivity contribution in [1.82, 2.24) is 72.4 Å². The third-order valence-corrected chi connectivity index (χ3v) is 19.7. The molecule has 2 fully saturated rings. The van der Waals surface area contributed by atoms with Gasteiger partial charge in [-0.1, -0.05) is 30.3 Å². The van der Waals surface area contributed by atoms with E-state index in [0.717, 1.165) is 96.4 Å². The van der Waals surface area contributed by atoms with E-state index in [9.17, 15) is 29.7 Å². The second-order valence-corrected chi connectivity index (χ2v) is 27.1. The number of benzene rings is 1. The summed E-state index contributed by atoms with van der Waals surface area (Å²) in [5.74, 6) is 0.620. The van der Waals surface area contributed by atoms with Gasteiger partial charge < -0.3 is 44.6 Å². The Morgan fingerprint density at radius 2 is 0.959 bits per heavy atom. The van der Waals surface area contributed by atoms with Crippen LogP contribution in [-0.4, -0.2) is 148 Å². The molecule has 13 aromatic rings. The Labute approximate surface area is 574 Å². The van der Waals surface area contributed by atoms with E-state index in [1.165, 1.54) is 23.3 Å². The fourth-order valence-corrected chi connectivity index (χ4v) is 14.1. The molecule has 0 saturated heterocycles. The SMILES string of the molecule is CC(C)n1cc(-c2cc(N(C)Cc3ccccc3)n3ncc(C(=O)O)c3n2)c2cccnc21.CNc1cc(-c2cn(C(C)C)c3ncccc23)nc2c(C(=O)CC3CC[C@H]3O)cnn12.CNc1cc(-c2cn(C(C)C)c3ncccc23)nc2c(C(=O)O)cnn12.N[I-]C[C@@H]1CC[C@H]1O. The number of carboxylic acids is 2. The van der Waals surface area contributed by atoms with Crippen LogP contribution >= 0.6 is 0 Å². The van der Waals surface area contributed by atoms with Gasteiger partial charge in [-0.2, -0.15) is 28.8 Å². The number of Topliss-reactive ketones (excluding diaryl/α,β-unsaturated/α-hetero) is 1. The predicted molar refractivity (Wildman–Crippen MR) is 373 cm³/mol. The number of carboxylic acid groups (broad SMARTS) is 2. The topological polar surface area (TPSA) is 329 Å². The minimum atomic E-state index is -1.06. The van der Waals surface area contributed by atoms with Crippen molar-refractivity contribution in [3.63, 3.8) is 0 Å². The van der Waals surface area contributed by atoms with E-state index >= 15 is 0 Å². The van der Waals surface area contributed by atoms with Crippen LogP contribution < -0.4 is 41.0 Å². The van der Waals surface area contributed by atoms with Gasteiger partial charge in [0.05, 0.1) is 47.3 Å². The summed E-state index contributed by atoms with van der Waals surface area (Å²) in [5.41, 5.74) is 10.4. The summed E-state index contributed by atoms with van der Waals surface area (Å²) in [6, 6.07) is 28.3. The van der Waals surface area contributed by atoms with Crippen LogP contribution in [0.3, 0.4) is 0 Å². The van der Waals surface area contributed by atoms with Gasteiger partial charge in [0.2, 0.25) is 0 Å². The molecule has 1 unspecified atom stereocenters. The zero-order valence-electron chi connectivity index (χ0n) is 55.9. The standard InChI is InChI=1S/C25H24N6O2.C23H26N6O2.C18H18N6O2.C5H11INO/c1-16(2)30-15-20(18-10-7-11-26-23(18)30)21-12-22(29(3)14-17-8-5-4-6-9-17)31-24(28-21)19(13-27-31)25(32)33;1-13(2)28-12-17(15-5-4-8-25-22(15)28)18-10-21(24-3)29-23(27-18)16(11-26-29)20(31)9-14-6-7-19(14)30;1-10(2)23-9-13(11-5-4-6-20-16(11)23)14-7-15(19-3)24-17(22-14)12(8-21-24)18(25)26;7-6-3-4-1-2-5(4)8/h4-13,15-16H,14H2,1-3H3,(H,32,33);4-5,8,10-14,19,24,30H,6-7,9H2,1-3H3;4-10,19H,1-3H3,(H,25,26);4-5,8H,1-3,7H2/q;;;-1/t;14?,19-;;4-,5+/m.1.0/s1. The molecule has 1 aromatic carbocycles. The van der Waals surface area contributed by atoms with Crippen LogP contribution in [0.4, 0.5) is 17.5 Å². The molecule has 4 atom stereocenters. The number of hydrogen-bond acceptors (Lipinski definition) is 18. The fraction of sp³-hybridized carbons (Fsp3) is 0.324. The summed E-state index contributed by atoms with van der Waals surface area (Å²) in [7, 11) is 5.55. The molecule has 0 amide bonds. The molecule has 0 bridgehead atoms. The number of aliphatic hydroxyl groups is 2. The van der Waals surface area contributed by atoms with Gasteiger partial charge in [0.25, 0.3) is 0 Å². The zero-order valence-corrected chi connectivity index (χ0v) is 58.1. The first-order valence-electron chi connectivity index (χ1n) is 32.5. The number of alkyl halides is 1. The van der Waals surface area contributed by atoms with Gasteiger partial charge in [0.1, 0.15) is 45.5 Å². The van der Waals surface area contributed by atoms with E-state index < -0.39 is 11.9 Å². The number of hydrogen-bond donors (Lipinski definition) is 7. The number of carbonyl (C=O) groups is 3. The number of rotatable bonds is 18. The van der Waals surface area contributed by atoms with E-state index in [2.05, 4.69) is 119 Å². The molecule has 8 N–H and O–H groups in total. The Balaban J connectivity index is 0.000000133. The van der Waals surface area contributed by atoms with Gasteiger partial charge in [-0.3, -0.25) is 4.79 Å². The predicted octanol–water partition coefficient (Wildman–Crippen LogP) is 8.16. The van der Waals surface area contributed by atoms with E-state index in [4.69, 9.17) is 19.0 Å². The number of ketones is 1. The number of carbonyl (C=O) groups excluding carboxylic acids is 1. The quantitative estimate of drug-likeness (QED) is 0.0184. The van der Waals surface area contributed by atoms with E-state index in [0.29, 0.717) is 58.6 Å². The number of nitrogens with zero attached hydrogens (tertiary/aromatic N) is 16. The summed E-state index contributed by atoms with van der Waals surface area (Å²) in [6.45, 7) is 13.3. The molecule has 27 heteroatoms. The van der Waals surface area contributed by atoms with E-state index in [1.807, 2.05) is 104 Å². The van der Waals surface area contributed by atoms with Crippen molar-refractivity contribution in [1.29, 1.82) is 0 Å². The molecule has 0 radical (unpaired) electrons. The van der Waals surface area contributed by atoms with Crippen LogP contribution in [0, 0.1) is 11.8 Å². The molecule has 2 aliphatic carbocycles. The van der Waals surface area contributed by atoms with Gasteiger partial charge in [-0.05, 0) is 102 Å². The molecular formula is C71H79IN19O7-. The number of aromatic nitrogens is 15. The summed E-state index contributed by atoms with van der Waals surface area (Å²) in [6.07, 6.45) is 19.5. The Hall–Kier alpha value is -10.2. The molecule has 2 saturated carbocycles. The van der Waals surface area contributed by atoms with Crippen LogP contribution in [-0.2, 0) is 6.54 Å². The third kappa shape index (κ3) is 13.4. The van der Waals surface area contributed by atoms with Crippen LogP contribution in [0.2, 0.25) is 0 Å². The molecule has 0 spiro atoms. The molecule has 2 aliphatic rings. The summed E-state index contributed by atoms with van der Waals surface area (Å²) < 4.78 is 17.6. The first-order chi connectivity index (χ1) is 47.3. The molecule has 15 rings (SSSR count). The number of nitrogens with one attached hydrogen (secondary N) is 2. The molecule has 0 aliphatic heterocycles. The second-order valence-electron chi connectivity index (χ2n) is 25.4. The Kier molecular flexibility index (Phi) is 19.9. The molecular weight excluding hydrogens is 1360 g/mol. The maximum atomic E-state index is 13.0. The van der Waals surface area contributed by atoms with Crippen molar-refractivity contribution in [2.75, 3.05) is 41.1 Å². The minimum absolute atomic E-state index is 0.00162. The molecule has 26 nitrogen and oxygen atoms in total. The first-order valence-corrected chi connectivity index (χ1v) is 35.3. The van der Waals surface area contributed by atoms with Gasteiger partial charge in [0, 0.05) is 140 Å². The Morgan fingerprint density at radius 3 is 1.34 bits per heavy atom. The number of pyridine rings is 3. The van der Waals surface area contributed by atoms with Crippen molar-refractivity contribution < 1.29 is 56.3 Å². The van der Waals surface area contributed by atoms with Crippen LogP contribution in [0.15, 0.2) is 141 Å². The van der Waals surface area contributed by atoms with Crippen molar-refractivity contribution in [3.05, 3.63) is 163 Å². The van der Waals surface area contributed by atoms with Crippen molar-refractivity contribution in [2.24, 2.45) is 15.8 Å². The van der Waals surface area contributed by atoms with Gasteiger partial charge in [-0.25, -0.2) is 39.5 Å². The summed E-state index contributed by atoms with van der Waals surface area (Å²) in [4.78, 5) is 66.3. The number of aliphatic hydroxyl groups excluding tert-OH is 2. The fourth-order valence-electron chi connectivity index (χ4n) is 12.4. The van der Waals surface area contributed by atoms with Crippen LogP contribution in [0.1, 0.15) is 128 Å². The molecule has 12 aromatic heterocycles.